The van der Waals surface area contributed by atoms with Gasteiger partial charge >= 0.3 is 11.9 Å². The second kappa shape index (κ2) is 12.2. The van der Waals surface area contributed by atoms with Crippen molar-refractivity contribution in [2.75, 3.05) is 32.8 Å². The fraction of sp³-hybridized carbons (Fsp3) is 0.517. The van der Waals surface area contributed by atoms with Gasteiger partial charge in [0.2, 0.25) is 0 Å². The molecule has 4 heterocycles. The van der Waals surface area contributed by atoms with E-state index in [-0.39, 0.29) is 17.7 Å². The molecule has 1 aromatic carbocycles. The number of rotatable bonds is 10. The number of amidine groups is 1. The number of aliphatic imine (C=N–C) groups is 1. The summed E-state index contributed by atoms with van der Waals surface area (Å²) in [5.41, 5.74) is 0.553. The van der Waals surface area contributed by atoms with Crippen LogP contribution in [-0.4, -0.2) is 82.5 Å². The molecule has 220 valence electrons. The zero-order valence-corrected chi connectivity index (χ0v) is 25.0. The minimum absolute atomic E-state index is 0.0836. The lowest BCUT2D eigenvalue weighted by atomic mass is 9.89. The average Bonchev–Trinajstić information content (AvgIpc) is 3.69. The van der Waals surface area contributed by atoms with Gasteiger partial charge in [-0.25, -0.2) is 14.2 Å². The minimum atomic E-state index is -0.871. The maximum atomic E-state index is 14.6. The maximum absolute atomic E-state index is 14.6. The van der Waals surface area contributed by atoms with Gasteiger partial charge in [0, 0.05) is 54.6 Å². The van der Waals surface area contributed by atoms with Crippen molar-refractivity contribution in [2.24, 2.45) is 10.4 Å². The molecule has 0 radical (unpaired) electrons. The highest BCUT2D eigenvalue weighted by molar-refractivity contribution is 7.11. The van der Waals surface area contributed by atoms with E-state index in [4.69, 9.17) is 21.3 Å². The Kier molecular flexibility index (Phi) is 8.79. The van der Waals surface area contributed by atoms with Crippen molar-refractivity contribution in [1.82, 2.24) is 20.1 Å². The zero-order chi connectivity index (χ0) is 29.3. The minimum Gasteiger partial charge on any atom is -0.481 e. The number of thiazole rings is 1. The predicted molar refractivity (Wildman–Crippen MR) is 156 cm³/mol. The summed E-state index contributed by atoms with van der Waals surface area (Å²) in [6.07, 6.45) is 4.16. The molecule has 0 amide bonds. The second-order valence-corrected chi connectivity index (χ2v) is 12.5. The van der Waals surface area contributed by atoms with Gasteiger partial charge in [0.1, 0.15) is 11.9 Å². The molecule has 41 heavy (non-hydrogen) atoms. The summed E-state index contributed by atoms with van der Waals surface area (Å²) in [5.74, 6) is -1.40. The van der Waals surface area contributed by atoms with E-state index in [1.165, 1.54) is 17.4 Å². The number of fused-ring (bicyclic) bond motifs is 1. The molecule has 0 aliphatic carbocycles. The van der Waals surface area contributed by atoms with Gasteiger partial charge in [0.25, 0.3) is 0 Å². The van der Waals surface area contributed by atoms with Gasteiger partial charge in [-0.05, 0) is 52.6 Å². The van der Waals surface area contributed by atoms with Gasteiger partial charge in [-0.15, -0.1) is 11.3 Å². The average molecular weight is 604 g/mol. The quantitative estimate of drug-likeness (QED) is 0.383. The van der Waals surface area contributed by atoms with Crippen molar-refractivity contribution >= 4 is 40.7 Å². The molecule has 5 rings (SSSR count). The molecule has 2 saturated heterocycles. The molecule has 3 aliphatic rings. The molecule has 3 aliphatic heterocycles. The van der Waals surface area contributed by atoms with Crippen molar-refractivity contribution < 1.29 is 23.8 Å². The number of carbonyl (C=O) groups is 2. The molecule has 2 fully saturated rings. The van der Waals surface area contributed by atoms with Crippen LogP contribution in [0.5, 0.6) is 0 Å². The number of benzene rings is 1. The first-order valence-corrected chi connectivity index (χ1v) is 15.2. The number of esters is 1. The zero-order valence-electron chi connectivity index (χ0n) is 23.4. The van der Waals surface area contributed by atoms with Crippen LogP contribution in [0.15, 0.2) is 46.0 Å². The third kappa shape index (κ3) is 6.04. The Hall–Kier alpha value is -2.86. The molecular weight excluding hydrogens is 569 g/mol. The number of ether oxygens (including phenoxy) is 1. The fourth-order valence-corrected chi connectivity index (χ4v) is 6.76. The van der Waals surface area contributed by atoms with Crippen molar-refractivity contribution in [3.63, 3.8) is 0 Å². The molecular formula is C29H35ClFN5O4S. The van der Waals surface area contributed by atoms with Crippen molar-refractivity contribution in [1.29, 1.82) is 0 Å². The van der Waals surface area contributed by atoms with E-state index >= 15 is 0 Å². The van der Waals surface area contributed by atoms with Crippen LogP contribution in [0, 0.1) is 11.2 Å². The van der Waals surface area contributed by atoms with Gasteiger partial charge < -0.3 is 15.2 Å². The Morgan fingerprint density at radius 2 is 1.98 bits per heavy atom. The number of halogens is 2. The molecule has 12 heteroatoms. The van der Waals surface area contributed by atoms with Crippen LogP contribution in [0.1, 0.15) is 56.6 Å². The van der Waals surface area contributed by atoms with Crippen molar-refractivity contribution in [2.45, 2.75) is 58.2 Å². The smallest absolute Gasteiger partial charge is 0.338 e. The monoisotopic (exact) mass is 603 g/mol. The first kappa shape index (κ1) is 29.6. The van der Waals surface area contributed by atoms with E-state index in [2.05, 4.69) is 20.1 Å². The first-order valence-electron chi connectivity index (χ1n) is 13.9. The Morgan fingerprint density at radius 3 is 2.66 bits per heavy atom. The lowest BCUT2D eigenvalue weighted by Gasteiger charge is -2.32. The number of carboxylic acids is 1. The number of aliphatic carboxylic acids is 1. The molecule has 0 spiro atoms. The Bertz CT molecular complexity index is 1360. The van der Waals surface area contributed by atoms with E-state index in [9.17, 15) is 19.1 Å². The number of hydrogen-bond acceptors (Lipinski definition) is 9. The lowest BCUT2D eigenvalue weighted by Crippen LogP contribution is -2.43. The summed E-state index contributed by atoms with van der Waals surface area (Å²) in [6, 6.07) is 4.23. The Morgan fingerprint density at radius 1 is 1.24 bits per heavy atom. The standard InChI is InChI=1S/C29H35ClFN5O4S/c1-4-40-27(37)22-19(16-36-13-9-20-21(36)8-12-35(20)14-10-29(2,3)28(38)39)33-25(26-32-11-15-41-26)34-24(22)17-6-5-7-18(31)23(17)30/h5-7,11,15,20-21,24H,4,8-10,12-14,16H2,1-3H3,(H,33,34)(H,38,39). The Labute approximate surface area is 248 Å². The third-order valence-electron chi connectivity index (χ3n) is 8.30. The summed E-state index contributed by atoms with van der Waals surface area (Å²) in [7, 11) is 0. The number of carboxylic acid groups (broad SMARTS) is 1. The van der Waals surface area contributed by atoms with Crippen LogP contribution in [0.4, 0.5) is 4.39 Å². The number of nitrogens with one attached hydrogen (secondary N) is 1. The second-order valence-electron chi connectivity index (χ2n) is 11.3. The highest BCUT2D eigenvalue weighted by atomic mass is 35.5. The largest absolute Gasteiger partial charge is 0.481 e. The van der Waals surface area contributed by atoms with E-state index in [0.717, 1.165) is 32.5 Å². The van der Waals surface area contributed by atoms with E-state index in [1.54, 1.807) is 39.1 Å². The number of carbonyl (C=O) groups excluding carboxylic acids is 1. The number of aromatic nitrogens is 1. The van der Waals surface area contributed by atoms with Crippen LogP contribution in [-0.2, 0) is 14.3 Å². The molecule has 3 unspecified atom stereocenters. The summed E-state index contributed by atoms with van der Waals surface area (Å²) >= 11 is 7.84. The molecule has 1 aromatic heterocycles. The predicted octanol–water partition coefficient (Wildman–Crippen LogP) is 4.49. The van der Waals surface area contributed by atoms with Gasteiger partial charge in [-0.2, -0.15) is 0 Å². The lowest BCUT2D eigenvalue weighted by molar-refractivity contribution is -0.147. The molecule has 2 N–H and O–H groups in total. The summed E-state index contributed by atoms with van der Waals surface area (Å²) in [5, 5.41) is 15.3. The van der Waals surface area contributed by atoms with Crippen molar-refractivity contribution in [3.8, 4) is 0 Å². The number of hydrogen-bond donors (Lipinski definition) is 2. The van der Waals surface area contributed by atoms with E-state index in [0.29, 0.717) is 46.7 Å². The van der Waals surface area contributed by atoms with Crippen LogP contribution < -0.4 is 5.32 Å². The highest BCUT2D eigenvalue weighted by Crippen LogP contribution is 2.39. The van der Waals surface area contributed by atoms with Crippen LogP contribution in [0.2, 0.25) is 5.02 Å². The summed E-state index contributed by atoms with van der Waals surface area (Å²) < 4.78 is 20.1. The van der Waals surface area contributed by atoms with E-state index < -0.39 is 29.2 Å². The molecule has 9 nitrogen and oxygen atoms in total. The topological polar surface area (TPSA) is 107 Å². The summed E-state index contributed by atoms with van der Waals surface area (Å²) in [6.45, 7) is 8.35. The van der Waals surface area contributed by atoms with Crippen LogP contribution in [0.3, 0.4) is 0 Å². The van der Waals surface area contributed by atoms with Crippen LogP contribution in [0.25, 0.3) is 0 Å². The Balaban J connectivity index is 1.45. The fourth-order valence-electron chi connectivity index (χ4n) is 5.95. The van der Waals surface area contributed by atoms with Gasteiger partial charge in [-0.3, -0.25) is 19.6 Å². The first-order chi connectivity index (χ1) is 19.6. The maximum Gasteiger partial charge on any atom is 0.338 e. The van der Waals surface area contributed by atoms with Gasteiger partial charge in [0.15, 0.2) is 10.8 Å². The van der Waals surface area contributed by atoms with Crippen LogP contribution >= 0.6 is 22.9 Å². The number of likely N-dealkylation sites (tertiary alicyclic amines) is 2. The SMILES string of the molecule is CCOC(=O)C1=C(CN2CCC3C2CCN3CCC(C)(C)C(=O)O)NC(c2nccs2)=NC1c1cccc(F)c1Cl. The van der Waals surface area contributed by atoms with Gasteiger partial charge in [0.05, 0.1) is 22.6 Å². The molecule has 3 atom stereocenters. The molecule has 0 saturated carbocycles. The third-order valence-corrected chi connectivity index (χ3v) is 9.48. The summed E-state index contributed by atoms with van der Waals surface area (Å²) in [4.78, 5) is 39.1. The normalized spacial score (nSPS) is 23.3. The molecule has 0 bridgehead atoms. The van der Waals surface area contributed by atoms with Gasteiger partial charge in [-0.1, -0.05) is 23.7 Å². The van der Waals surface area contributed by atoms with E-state index in [1.807, 2.05) is 5.38 Å². The molecule has 2 aromatic rings. The highest BCUT2D eigenvalue weighted by Gasteiger charge is 2.44. The van der Waals surface area contributed by atoms with Crippen molar-refractivity contribution in [3.05, 3.63) is 62.5 Å². The number of nitrogens with zero attached hydrogens (tertiary/aromatic N) is 4.